The van der Waals surface area contributed by atoms with Gasteiger partial charge in [-0.05, 0) is 89.8 Å². The Morgan fingerprint density at radius 2 is 1.70 bits per heavy atom. The van der Waals surface area contributed by atoms with Crippen LogP contribution in [-0.4, -0.2) is 45.6 Å². The number of phenols is 1. The van der Waals surface area contributed by atoms with E-state index in [-0.39, 0.29) is 12.3 Å². The normalized spacial score (nSPS) is 12.5. The zero-order valence-corrected chi connectivity index (χ0v) is 23.6. The molecular weight excluding hydrogens is 494 g/mol. The van der Waals surface area contributed by atoms with Crippen molar-refractivity contribution in [2.24, 2.45) is 0 Å². The minimum atomic E-state index is -1.09. The largest absolute Gasteiger partial charge is 0.508 e. The molecule has 0 aliphatic rings. The highest BCUT2D eigenvalue weighted by atomic mass is 35.5. The first kappa shape index (κ1) is 30.0. The van der Waals surface area contributed by atoms with Crippen LogP contribution in [0.1, 0.15) is 70.7 Å². The topological polar surface area (TPSA) is 108 Å². The third kappa shape index (κ3) is 7.86. The molecule has 202 valence electrons. The summed E-state index contributed by atoms with van der Waals surface area (Å²) in [5.74, 6) is -0.878. The van der Waals surface area contributed by atoms with Crippen LogP contribution in [-0.2, 0) is 14.3 Å². The van der Waals surface area contributed by atoms with E-state index in [0.717, 1.165) is 5.56 Å². The maximum Gasteiger partial charge on any atom is 0.408 e. The zero-order chi connectivity index (χ0) is 28.1. The lowest BCUT2D eigenvalue weighted by Gasteiger charge is -2.43. The molecule has 0 aromatic heterocycles. The molecule has 2 aromatic rings. The van der Waals surface area contributed by atoms with Gasteiger partial charge in [-0.15, -0.1) is 0 Å². The molecule has 0 radical (unpaired) electrons. The van der Waals surface area contributed by atoms with Crippen LogP contribution in [0.2, 0.25) is 5.02 Å². The van der Waals surface area contributed by atoms with Gasteiger partial charge in [0.25, 0.3) is 5.91 Å². The summed E-state index contributed by atoms with van der Waals surface area (Å²) in [4.78, 5) is 41.3. The van der Waals surface area contributed by atoms with Gasteiger partial charge in [0.15, 0.2) is 0 Å². The molecule has 1 unspecified atom stereocenters. The number of ether oxygens (including phenoxy) is 1. The number of hydrogen-bond acceptors (Lipinski definition) is 5. The Labute approximate surface area is 224 Å². The summed E-state index contributed by atoms with van der Waals surface area (Å²) in [5.41, 5.74) is 0.760. The number of nitrogens with one attached hydrogen (secondary N) is 2. The quantitative estimate of drug-likeness (QED) is 0.394. The molecule has 1 atom stereocenters. The minimum Gasteiger partial charge on any atom is -0.508 e. The van der Waals surface area contributed by atoms with Crippen LogP contribution in [0.4, 0.5) is 10.5 Å². The lowest BCUT2D eigenvalue weighted by atomic mass is 9.92. The minimum absolute atomic E-state index is 0.0732. The lowest BCUT2D eigenvalue weighted by molar-refractivity contribution is -0.145. The molecular formula is C28H38ClN3O5. The lowest BCUT2D eigenvalue weighted by Crippen LogP contribution is -2.55. The Kier molecular flexibility index (Phi) is 9.60. The number of nitrogens with zero attached hydrogens (tertiary/aromatic N) is 1. The smallest absolute Gasteiger partial charge is 0.408 e. The number of alkyl carbamates (subject to hydrolysis) is 1. The van der Waals surface area contributed by atoms with Crippen LogP contribution < -0.4 is 10.6 Å². The fourth-order valence-corrected chi connectivity index (χ4v) is 4.07. The number of hydrogen-bond donors (Lipinski definition) is 3. The van der Waals surface area contributed by atoms with Gasteiger partial charge in [-0.1, -0.05) is 36.7 Å². The summed E-state index contributed by atoms with van der Waals surface area (Å²) in [6.45, 7) is 14.0. The van der Waals surface area contributed by atoms with E-state index in [2.05, 4.69) is 10.6 Å². The van der Waals surface area contributed by atoms with Gasteiger partial charge < -0.3 is 25.4 Å². The third-order valence-electron chi connectivity index (χ3n) is 6.08. The molecule has 0 aliphatic heterocycles. The van der Waals surface area contributed by atoms with E-state index >= 15 is 0 Å². The predicted octanol–water partition coefficient (Wildman–Crippen LogP) is 5.88. The van der Waals surface area contributed by atoms with Gasteiger partial charge in [-0.3, -0.25) is 9.59 Å². The summed E-state index contributed by atoms with van der Waals surface area (Å²) >= 11 is 6.38. The monoisotopic (exact) mass is 531 g/mol. The van der Waals surface area contributed by atoms with Gasteiger partial charge in [0.1, 0.15) is 23.9 Å². The second kappa shape index (κ2) is 11.9. The van der Waals surface area contributed by atoms with Crippen LogP contribution in [0.25, 0.3) is 0 Å². The first-order chi connectivity index (χ1) is 17.1. The summed E-state index contributed by atoms with van der Waals surface area (Å²) in [6.07, 6.45) is -0.208. The molecule has 2 rings (SSSR count). The van der Waals surface area contributed by atoms with Crippen molar-refractivity contribution in [3.05, 3.63) is 58.1 Å². The predicted molar refractivity (Wildman–Crippen MR) is 146 cm³/mol. The van der Waals surface area contributed by atoms with Crippen LogP contribution >= 0.6 is 11.6 Å². The Morgan fingerprint density at radius 1 is 1.05 bits per heavy atom. The van der Waals surface area contributed by atoms with Gasteiger partial charge in [0.05, 0.1) is 10.7 Å². The molecule has 0 heterocycles. The van der Waals surface area contributed by atoms with Crippen molar-refractivity contribution < 1.29 is 24.2 Å². The Bertz CT molecular complexity index is 1140. The average Bonchev–Trinajstić information content (AvgIpc) is 2.79. The van der Waals surface area contributed by atoms with Crippen molar-refractivity contribution >= 4 is 35.2 Å². The number of anilines is 1. The average molecular weight is 532 g/mol. The van der Waals surface area contributed by atoms with Crippen LogP contribution in [0.5, 0.6) is 5.75 Å². The van der Waals surface area contributed by atoms with Gasteiger partial charge in [0, 0.05) is 5.54 Å². The summed E-state index contributed by atoms with van der Waals surface area (Å²) < 4.78 is 5.26. The summed E-state index contributed by atoms with van der Waals surface area (Å²) in [5, 5.41) is 15.9. The first-order valence-corrected chi connectivity index (χ1v) is 12.6. The molecule has 2 aromatic carbocycles. The van der Waals surface area contributed by atoms with E-state index in [1.54, 1.807) is 52.0 Å². The number of phenolic OH excluding ortho intramolecular Hbond substituents is 1. The van der Waals surface area contributed by atoms with E-state index in [0.29, 0.717) is 28.3 Å². The van der Waals surface area contributed by atoms with Gasteiger partial charge in [-0.2, -0.15) is 0 Å². The summed E-state index contributed by atoms with van der Waals surface area (Å²) in [6, 6.07) is 8.97. The molecule has 8 nitrogen and oxygen atoms in total. The standard InChI is InChI=1S/C28H38ClN3O5/c1-9-28(7,8)32(22(34)16-30-26(36)37-27(4,5)6)24(19-13-14-21(33)18(3)15-19)25(35)31-23-17(2)11-10-12-20(23)29/h10-15,24,33H,9,16H2,1-8H3,(H,30,36)(H,31,35). The Balaban J connectivity index is 2.55. The highest BCUT2D eigenvalue weighted by Crippen LogP contribution is 2.35. The van der Waals surface area contributed by atoms with E-state index in [9.17, 15) is 19.5 Å². The van der Waals surface area contributed by atoms with Crippen molar-refractivity contribution in [2.45, 2.75) is 79.0 Å². The number of benzene rings is 2. The molecule has 0 fully saturated rings. The molecule has 3 amide bonds. The second-order valence-corrected chi connectivity index (χ2v) is 11.1. The highest BCUT2D eigenvalue weighted by molar-refractivity contribution is 6.34. The third-order valence-corrected chi connectivity index (χ3v) is 6.40. The maximum absolute atomic E-state index is 13.9. The number of halogens is 1. The number of aryl methyl sites for hydroxylation is 2. The molecule has 37 heavy (non-hydrogen) atoms. The number of carbonyl (C=O) groups excluding carboxylic acids is 3. The molecule has 0 spiro atoms. The number of carbonyl (C=O) groups is 3. The SMILES string of the molecule is CCC(C)(C)N(C(=O)CNC(=O)OC(C)(C)C)C(C(=O)Nc1c(C)cccc1Cl)c1ccc(O)c(C)c1. The van der Waals surface area contributed by atoms with Crippen LogP contribution in [0.15, 0.2) is 36.4 Å². The van der Waals surface area contributed by atoms with E-state index in [1.165, 1.54) is 11.0 Å². The molecule has 3 N–H and O–H groups in total. The van der Waals surface area contributed by atoms with E-state index in [4.69, 9.17) is 16.3 Å². The molecule has 0 aliphatic carbocycles. The van der Waals surface area contributed by atoms with Gasteiger partial charge in [0.2, 0.25) is 5.91 Å². The van der Waals surface area contributed by atoms with Gasteiger partial charge >= 0.3 is 6.09 Å². The number of rotatable bonds is 8. The fourth-order valence-electron chi connectivity index (χ4n) is 3.80. The number of aromatic hydroxyl groups is 1. The highest BCUT2D eigenvalue weighted by Gasteiger charge is 2.40. The summed E-state index contributed by atoms with van der Waals surface area (Å²) in [7, 11) is 0. The molecule has 0 saturated heterocycles. The van der Waals surface area contributed by atoms with Crippen LogP contribution in [0.3, 0.4) is 0 Å². The van der Waals surface area contributed by atoms with Crippen LogP contribution in [0, 0.1) is 13.8 Å². The van der Waals surface area contributed by atoms with Crippen molar-refractivity contribution in [2.75, 3.05) is 11.9 Å². The van der Waals surface area contributed by atoms with E-state index < -0.39 is 35.1 Å². The number of amides is 3. The van der Waals surface area contributed by atoms with E-state index in [1.807, 2.05) is 33.8 Å². The molecule has 9 heteroatoms. The first-order valence-electron chi connectivity index (χ1n) is 12.2. The number of para-hydroxylation sites is 1. The second-order valence-electron chi connectivity index (χ2n) is 10.7. The van der Waals surface area contributed by atoms with Crippen molar-refractivity contribution in [1.29, 1.82) is 0 Å². The van der Waals surface area contributed by atoms with Crippen molar-refractivity contribution in [1.82, 2.24) is 10.2 Å². The Hall–Kier alpha value is -3.26. The van der Waals surface area contributed by atoms with Crippen molar-refractivity contribution in [3.8, 4) is 5.75 Å². The Morgan fingerprint density at radius 3 is 2.24 bits per heavy atom. The molecule has 0 bridgehead atoms. The van der Waals surface area contributed by atoms with Crippen molar-refractivity contribution in [3.63, 3.8) is 0 Å². The van der Waals surface area contributed by atoms with Gasteiger partial charge in [-0.25, -0.2) is 4.79 Å². The maximum atomic E-state index is 13.9. The zero-order valence-electron chi connectivity index (χ0n) is 22.9. The fraction of sp³-hybridized carbons (Fsp3) is 0.464. The molecule has 0 saturated carbocycles.